The first-order valence-corrected chi connectivity index (χ1v) is 4.89. The van der Waals surface area contributed by atoms with Gasteiger partial charge in [0.15, 0.2) is 5.82 Å². The lowest BCUT2D eigenvalue weighted by Gasteiger charge is -1.96. The molecule has 0 amide bonds. The first-order valence-electron chi connectivity index (χ1n) is 4.89. The van der Waals surface area contributed by atoms with E-state index in [0.717, 1.165) is 11.0 Å². The van der Waals surface area contributed by atoms with Crippen LogP contribution in [0.5, 0.6) is 0 Å². The van der Waals surface area contributed by atoms with Crippen LogP contribution in [-0.4, -0.2) is 15.0 Å². The summed E-state index contributed by atoms with van der Waals surface area (Å²) in [5, 5.41) is 0.947. The number of aromatic nitrogens is 3. The van der Waals surface area contributed by atoms with Crippen molar-refractivity contribution >= 4 is 11.0 Å². The van der Waals surface area contributed by atoms with Crippen molar-refractivity contribution in [3.8, 4) is 11.4 Å². The minimum absolute atomic E-state index is 0.320. The van der Waals surface area contributed by atoms with Gasteiger partial charge in [-0.3, -0.25) is 4.98 Å². The summed E-state index contributed by atoms with van der Waals surface area (Å²) in [7, 11) is 0. The highest BCUT2D eigenvalue weighted by Crippen LogP contribution is 2.22. The van der Waals surface area contributed by atoms with E-state index in [2.05, 4.69) is 15.0 Å². The van der Waals surface area contributed by atoms with Crippen LogP contribution in [-0.2, 0) is 0 Å². The molecule has 0 aliphatic heterocycles. The Bertz CT molecular complexity index is 612. The predicted octanol–water partition coefficient (Wildman–Crippen LogP) is 2.76. The maximum absolute atomic E-state index is 13.5. The first kappa shape index (κ1) is 9.03. The third-order valence-corrected chi connectivity index (χ3v) is 2.41. The lowest BCUT2D eigenvalue weighted by molar-refractivity contribution is 0.625. The highest BCUT2D eigenvalue weighted by atomic mass is 19.1. The lowest BCUT2D eigenvalue weighted by Crippen LogP contribution is -1.87. The van der Waals surface area contributed by atoms with E-state index < -0.39 is 0 Å². The number of rotatable bonds is 1. The van der Waals surface area contributed by atoms with E-state index in [-0.39, 0.29) is 5.82 Å². The molecule has 16 heavy (non-hydrogen) atoms. The molecule has 0 saturated carbocycles. The van der Waals surface area contributed by atoms with E-state index in [9.17, 15) is 4.39 Å². The van der Waals surface area contributed by atoms with Crippen molar-refractivity contribution in [3.05, 3.63) is 48.5 Å². The van der Waals surface area contributed by atoms with Gasteiger partial charge in [0.25, 0.3) is 0 Å². The molecule has 4 heteroatoms. The lowest BCUT2D eigenvalue weighted by atomic mass is 10.2. The molecule has 3 heterocycles. The molecule has 3 nitrogen and oxygen atoms in total. The smallest absolute Gasteiger partial charge is 0.150 e. The van der Waals surface area contributed by atoms with E-state index in [1.165, 1.54) is 6.07 Å². The second-order valence-electron chi connectivity index (χ2n) is 3.46. The molecule has 3 aromatic rings. The van der Waals surface area contributed by atoms with Gasteiger partial charge in [0, 0.05) is 17.8 Å². The zero-order valence-corrected chi connectivity index (χ0v) is 8.31. The molecule has 1 N–H and O–H groups in total. The molecule has 0 bridgehead atoms. The molecule has 0 radical (unpaired) electrons. The summed E-state index contributed by atoms with van der Waals surface area (Å²) in [5.41, 5.74) is 1.70. The van der Waals surface area contributed by atoms with Gasteiger partial charge in [-0.25, -0.2) is 9.37 Å². The van der Waals surface area contributed by atoms with Crippen LogP contribution in [0.15, 0.2) is 42.7 Å². The largest absolute Gasteiger partial charge is 0.338 e. The molecular weight excluding hydrogens is 205 g/mol. The summed E-state index contributed by atoms with van der Waals surface area (Å²) < 4.78 is 13.5. The average Bonchev–Trinajstić information content (AvgIpc) is 2.73. The molecule has 0 saturated heterocycles. The van der Waals surface area contributed by atoms with Crippen molar-refractivity contribution in [3.63, 3.8) is 0 Å². The van der Waals surface area contributed by atoms with E-state index in [0.29, 0.717) is 11.4 Å². The Morgan fingerprint density at radius 1 is 1.06 bits per heavy atom. The van der Waals surface area contributed by atoms with Crippen LogP contribution < -0.4 is 0 Å². The Hall–Kier alpha value is -2.23. The number of hydrogen-bond donors (Lipinski definition) is 1. The topological polar surface area (TPSA) is 41.6 Å². The number of pyridine rings is 2. The van der Waals surface area contributed by atoms with Crippen molar-refractivity contribution < 1.29 is 4.39 Å². The minimum Gasteiger partial charge on any atom is -0.338 e. The fourth-order valence-corrected chi connectivity index (χ4v) is 1.67. The Morgan fingerprint density at radius 3 is 2.69 bits per heavy atom. The highest BCUT2D eigenvalue weighted by molar-refractivity contribution is 5.82. The van der Waals surface area contributed by atoms with Gasteiger partial charge in [0.1, 0.15) is 11.3 Å². The molecule has 0 aliphatic carbocycles. The summed E-state index contributed by atoms with van der Waals surface area (Å²) in [4.78, 5) is 11.2. The first-order chi connectivity index (χ1) is 7.84. The molecule has 0 aromatic carbocycles. The summed E-state index contributed by atoms with van der Waals surface area (Å²) in [6, 6.07) is 8.56. The van der Waals surface area contributed by atoms with Gasteiger partial charge >= 0.3 is 0 Å². The van der Waals surface area contributed by atoms with Gasteiger partial charge in [-0.2, -0.15) is 0 Å². The van der Waals surface area contributed by atoms with Crippen LogP contribution >= 0.6 is 0 Å². The summed E-state index contributed by atoms with van der Waals surface area (Å²) in [6.07, 6.45) is 3.26. The van der Waals surface area contributed by atoms with Gasteiger partial charge in [0.05, 0.1) is 5.69 Å². The molecule has 0 fully saturated rings. The third-order valence-electron chi connectivity index (χ3n) is 2.41. The second-order valence-corrected chi connectivity index (χ2v) is 3.46. The number of hydrogen-bond acceptors (Lipinski definition) is 2. The van der Waals surface area contributed by atoms with Crippen molar-refractivity contribution in [1.82, 2.24) is 15.0 Å². The number of H-pyrrole nitrogens is 1. The number of nitrogens with one attached hydrogen (secondary N) is 1. The molecule has 0 spiro atoms. The van der Waals surface area contributed by atoms with E-state index in [1.807, 2.05) is 18.2 Å². The van der Waals surface area contributed by atoms with Crippen LogP contribution in [0.2, 0.25) is 0 Å². The normalized spacial score (nSPS) is 10.8. The molecular formula is C12H8FN3. The standard InChI is InChI=1S/C12H8FN3/c13-9-4-2-5-14-11(9)10-7-8-3-1-6-15-12(8)16-10/h1-7H,(H,15,16). The Kier molecular flexibility index (Phi) is 1.93. The van der Waals surface area contributed by atoms with Crippen LogP contribution in [0.25, 0.3) is 22.4 Å². The van der Waals surface area contributed by atoms with Crippen molar-refractivity contribution in [1.29, 1.82) is 0 Å². The van der Waals surface area contributed by atoms with Crippen LogP contribution in [0, 0.1) is 5.82 Å². The summed E-state index contributed by atoms with van der Waals surface area (Å²) >= 11 is 0. The monoisotopic (exact) mass is 213 g/mol. The van der Waals surface area contributed by atoms with Crippen LogP contribution in [0.1, 0.15) is 0 Å². The highest BCUT2D eigenvalue weighted by Gasteiger charge is 2.08. The molecule has 0 aliphatic rings. The fourth-order valence-electron chi connectivity index (χ4n) is 1.67. The molecule has 0 atom stereocenters. The molecule has 78 valence electrons. The van der Waals surface area contributed by atoms with Gasteiger partial charge in [-0.1, -0.05) is 0 Å². The molecule has 3 aromatic heterocycles. The summed E-state index contributed by atoms with van der Waals surface area (Å²) in [5.74, 6) is -0.339. The Morgan fingerprint density at radius 2 is 1.88 bits per heavy atom. The van der Waals surface area contributed by atoms with E-state index in [1.54, 1.807) is 18.5 Å². The number of fused-ring (bicyclic) bond motifs is 1. The molecule has 3 rings (SSSR count). The maximum atomic E-state index is 13.5. The zero-order valence-electron chi connectivity index (χ0n) is 8.31. The average molecular weight is 213 g/mol. The second kappa shape index (κ2) is 3.41. The quantitative estimate of drug-likeness (QED) is 0.675. The van der Waals surface area contributed by atoms with Crippen molar-refractivity contribution in [2.45, 2.75) is 0 Å². The van der Waals surface area contributed by atoms with Crippen LogP contribution in [0.4, 0.5) is 4.39 Å². The van der Waals surface area contributed by atoms with Gasteiger partial charge in [-0.15, -0.1) is 0 Å². The molecule has 0 unspecified atom stereocenters. The van der Waals surface area contributed by atoms with Crippen molar-refractivity contribution in [2.24, 2.45) is 0 Å². The number of aromatic amines is 1. The number of nitrogens with zero attached hydrogens (tertiary/aromatic N) is 2. The summed E-state index contributed by atoms with van der Waals surface area (Å²) in [6.45, 7) is 0. The van der Waals surface area contributed by atoms with Gasteiger partial charge in [0.2, 0.25) is 0 Å². The van der Waals surface area contributed by atoms with Gasteiger partial charge < -0.3 is 4.98 Å². The number of halogens is 1. The predicted molar refractivity (Wildman–Crippen MR) is 59.3 cm³/mol. The fraction of sp³-hybridized carbons (Fsp3) is 0. The Balaban J connectivity index is 2.23. The van der Waals surface area contributed by atoms with Gasteiger partial charge in [-0.05, 0) is 30.3 Å². The van der Waals surface area contributed by atoms with E-state index >= 15 is 0 Å². The third kappa shape index (κ3) is 1.35. The maximum Gasteiger partial charge on any atom is 0.150 e. The van der Waals surface area contributed by atoms with E-state index in [4.69, 9.17) is 0 Å². The SMILES string of the molecule is Fc1cccnc1-c1cc2cccnc2[nH]1. The zero-order chi connectivity index (χ0) is 11.0. The van der Waals surface area contributed by atoms with Crippen molar-refractivity contribution in [2.75, 3.05) is 0 Å². The minimum atomic E-state index is -0.339. The van der Waals surface area contributed by atoms with Crippen LogP contribution in [0.3, 0.4) is 0 Å². The Labute approximate surface area is 91.0 Å².